The molecule has 0 bridgehead atoms. The second-order valence-corrected chi connectivity index (χ2v) is 1.64. The first-order chi connectivity index (χ1) is 4.31. The fraction of sp³-hybridized carbons (Fsp3) is 0.500. The third-order valence-corrected chi connectivity index (χ3v) is 0.903. The first kappa shape index (κ1) is 8.01. The van der Waals surface area contributed by atoms with Gasteiger partial charge in [-0.2, -0.15) is 0 Å². The Bertz CT molecular complexity index is 93.2. The van der Waals surface area contributed by atoms with Gasteiger partial charge in [0.15, 0.2) is 0 Å². The Morgan fingerprint density at radius 2 is 2.33 bits per heavy atom. The molecule has 1 saturated heterocycles. The van der Waals surface area contributed by atoms with Crippen LogP contribution in [0.5, 0.6) is 0 Å². The van der Waals surface area contributed by atoms with Crippen molar-refractivity contribution in [3.05, 3.63) is 12.8 Å². The van der Waals surface area contributed by atoms with E-state index in [-0.39, 0.29) is 5.91 Å². The second kappa shape index (κ2) is 5.15. The van der Waals surface area contributed by atoms with Gasteiger partial charge in [0.25, 0.3) is 0 Å². The van der Waals surface area contributed by atoms with E-state index in [0.29, 0.717) is 0 Å². The molecule has 9 heavy (non-hydrogen) atoms. The molecule has 1 amide bonds. The molecule has 1 fully saturated rings. The largest absolute Gasteiger partial charge is 0.516 e. The molecule has 52 valence electrons. The van der Waals surface area contributed by atoms with Gasteiger partial charge >= 0.3 is 0 Å². The predicted molar refractivity (Wildman–Crippen MR) is 35.1 cm³/mol. The number of amides is 1. The summed E-state index contributed by atoms with van der Waals surface area (Å²) >= 11 is 0. The van der Waals surface area contributed by atoms with Crippen molar-refractivity contribution in [3.8, 4) is 0 Å². The molecule has 0 aromatic carbocycles. The van der Waals surface area contributed by atoms with Crippen molar-refractivity contribution >= 4 is 5.91 Å². The Morgan fingerprint density at radius 1 is 1.78 bits per heavy atom. The lowest BCUT2D eigenvalue weighted by Crippen LogP contribution is -2.12. The minimum Gasteiger partial charge on any atom is -0.516 e. The van der Waals surface area contributed by atoms with Gasteiger partial charge < -0.3 is 10.4 Å². The zero-order chi connectivity index (χ0) is 7.11. The normalized spacial score (nSPS) is 15.3. The quantitative estimate of drug-likeness (QED) is 0.470. The fourth-order valence-corrected chi connectivity index (χ4v) is 0.565. The Morgan fingerprint density at radius 3 is 2.44 bits per heavy atom. The van der Waals surface area contributed by atoms with Crippen LogP contribution in [-0.4, -0.2) is 17.6 Å². The molecule has 3 heteroatoms. The molecule has 0 radical (unpaired) electrons. The van der Waals surface area contributed by atoms with E-state index in [0.717, 1.165) is 25.6 Å². The van der Waals surface area contributed by atoms with Gasteiger partial charge in [-0.05, 0) is 6.42 Å². The van der Waals surface area contributed by atoms with Crippen molar-refractivity contribution in [2.24, 2.45) is 0 Å². The van der Waals surface area contributed by atoms with Crippen LogP contribution in [0, 0.1) is 0 Å². The van der Waals surface area contributed by atoms with Crippen LogP contribution in [0.15, 0.2) is 12.8 Å². The Balaban J connectivity index is 0.000000187. The number of hydrogen-bond acceptors (Lipinski definition) is 2. The minimum atomic E-state index is 0.204. The van der Waals surface area contributed by atoms with Crippen molar-refractivity contribution in [1.82, 2.24) is 5.32 Å². The molecule has 0 unspecified atom stereocenters. The number of nitrogens with one attached hydrogen (secondary N) is 1. The number of carbonyl (C=O) groups is 1. The summed E-state index contributed by atoms with van der Waals surface area (Å²) in [6.07, 6.45) is 2.51. The maximum absolute atomic E-state index is 10.1. The summed E-state index contributed by atoms with van der Waals surface area (Å²) in [6.45, 7) is 3.80. The summed E-state index contributed by atoms with van der Waals surface area (Å²) in [6, 6.07) is 0. The van der Waals surface area contributed by atoms with Gasteiger partial charge in [-0.15, -0.1) is 0 Å². The van der Waals surface area contributed by atoms with E-state index in [9.17, 15) is 4.79 Å². The van der Waals surface area contributed by atoms with Gasteiger partial charge in [0.1, 0.15) is 0 Å². The molecule has 1 aliphatic heterocycles. The smallest absolute Gasteiger partial charge is 0.220 e. The molecule has 0 spiro atoms. The predicted octanol–water partition coefficient (Wildman–Crippen LogP) is 0.584. The van der Waals surface area contributed by atoms with Crippen LogP contribution in [0.2, 0.25) is 0 Å². The maximum atomic E-state index is 10.1. The zero-order valence-corrected chi connectivity index (χ0v) is 5.26. The number of aliphatic hydroxyl groups excluding tert-OH is 1. The lowest BCUT2D eigenvalue weighted by atomic mass is 10.4. The molecule has 0 aromatic heterocycles. The van der Waals surface area contributed by atoms with Crippen LogP contribution in [-0.2, 0) is 4.79 Å². The van der Waals surface area contributed by atoms with Gasteiger partial charge in [-0.25, -0.2) is 0 Å². The highest BCUT2D eigenvalue weighted by Crippen LogP contribution is 1.93. The van der Waals surface area contributed by atoms with E-state index >= 15 is 0 Å². The molecule has 1 aliphatic rings. The van der Waals surface area contributed by atoms with Gasteiger partial charge in [-0.1, -0.05) is 6.58 Å². The molecular formula is C6H11NO2. The zero-order valence-electron chi connectivity index (χ0n) is 5.26. The Labute approximate surface area is 54.4 Å². The highest BCUT2D eigenvalue weighted by atomic mass is 16.2. The maximum Gasteiger partial charge on any atom is 0.220 e. The molecule has 0 aliphatic carbocycles. The highest BCUT2D eigenvalue weighted by molar-refractivity contribution is 5.77. The van der Waals surface area contributed by atoms with E-state index in [4.69, 9.17) is 5.11 Å². The Kier molecular flexibility index (Phi) is 4.59. The summed E-state index contributed by atoms with van der Waals surface area (Å²) < 4.78 is 0. The molecular weight excluding hydrogens is 118 g/mol. The molecule has 2 N–H and O–H groups in total. The molecule has 0 aromatic rings. The lowest BCUT2D eigenvalue weighted by molar-refractivity contribution is -0.119. The molecule has 0 saturated carbocycles. The first-order valence-electron chi connectivity index (χ1n) is 2.83. The summed E-state index contributed by atoms with van der Waals surface area (Å²) in [5.74, 6) is 0.204. The standard InChI is InChI=1S/C4H7NO.C2H4O/c6-4-2-1-3-5-4;1-2-3/h1-3H2,(H,5,6);2-3H,1H2. The van der Waals surface area contributed by atoms with Crippen LogP contribution in [0.3, 0.4) is 0 Å². The monoisotopic (exact) mass is 129 g/mol. The average molecular weight is 129 g/mol. The third-order valence-electron chi connectivity index (χ3n) is 0.903. The van der Waals surface area contributed by atoms with Crippen LogP contribution >= 0.6 is 0 Å². The van der Waals surface area contributed by atoms with Crippen molar-refractivity contribution < 1.29 is 9.90 Å². The van der Waals surface area contributed by atoms with Gasteiger partial charge in [-0.3, -0.25) is 4.79 Å². The van der Waals surface area contributed by atoms with Crippen LogP contribution < -0.4 is 5.32 Å². The van der Waals surface area contributed by atoms with Crippen LogP contribution in [0.1, 0.15) is 12.8 Å². The van der Waals surface area contributed by atoms with Crippen molar-refractivity contribution in [3.63, 3.8) is 0 Å². The van der Waals surface area contributed by atoms with E-state index in [1.54, 1.807) is 0 Å². The van der Waals surface area contributed by atoms with Gasteiger partial charge in [0.05, 0.1) is 6.26 Å². The van der Waals surface area contributed by atoms with E-state index in [1.165, 1.54) is 0 Å². The van der Waals surface area contributed by atoms with Crippen LogP contribution in [0.4, 0.5) is 0 Å². The molecule has 0 atom stereocenters. The highest BCUT2D eigenvalue weighted by Gasteiger charge is 2.05. The minimum absolute atomic E-state index is 0.204. The van der Waals surface area contributed by atoms with Crippen LogP contribution in [0.25, 0.3) is 0 Å². The second-order valence-electron chi connectivity index (χ2n) is 1.64. The summed E-state index contributed by atoms with van der Waals surface area (Å²) in [5, 5.41) is 10.0. The number of rotatable bonds is 0. The van der Waals surface area contributed by atoms with Gasteiger partial charge in [0, 0.05) is 13.0 Å². The number of carbonyl (C=O) groups excluding carboxylic acids is 1. The molecule has 3 nitrogen and oxygen atoms in total. The van der Waals surface area contributed by atoms with E-state index in [2.05, 4.69) is 11.9 Å². The number of hydrogen-bond donors (Lipinski definition) is 2. The lowest BCUT2D eigenvalue weighted by Gasteiger charge is -1.80. The fourth-order valence-electron chi connectivity index (χ4n) is 0.565. The molecule has 1 rings (SSSR count). The SMILES string of the molecule is C=CO.O=C1CCCN1. The first-order valence-corrected chi connectivity index (χ1v) is 2.83. The Hall–Kier alpha value is -0.990. The average Bonchev–Trinajstić information content (AvgIpc) is 2.20. The van der Waals surface area contributed by atoms with E-state index < -0.39 is 0 Å². The van der Waals surface area contributed by atoms with Crippen molar-refractivity contribution in [1.29, 1.82) is 0 Å². The van der Waals surface area contributed by atoms with E-state index in [1.807, 2.05) is 0 Å². The van der Waals surface area contributed by atoms with Crippen molar-refractivity contribution in [2.75, 3.05) is 6.54 Å². The molecule has 1 heterocycles. The summed E-state index contributed by atoms with van der Waals surface area (Å²) in [5.41, 5.74) is 0. The summed E-state index contributed by atoms with van der Waals surface area (Å²) in [4.78, 5) is 10.1. The van der Waals surface area contributed by atoms with Gasteiger partial charge in [0.2, 0.25) is 5.91 Å². The third kappa shape index (κ3) is 4.87. The summed E-state index contributed by atoms with van der Waals surface area (Å²) in [7, 11) is 0. The topological polar surface area (TPSA) is 49.3 Å². The number of aliphatic hydroxyl groups is 1. The van der Waals surface area contributed by atoms with Crippen molar-refractivity contribution in [2.45, 2.75) is 12.8 Å².